The number of allylic oxidation sites excluding steroid dienone is 2. The fourth-order valence-corrected chi connectivity index (χ4v) is 4.30. The van der Waals surface area contributed by atoms with E-state index in [0.717, 1.165) is 32.2 Å². The molecule has 2 fully saturated rings. The van der Waals surface area contributed by atoms with Crippen LogP contribution in [0.3, 0.4) is 0 Å². The molecule has 2 bridgehead atoms. The molecule has 2 heterocycles. The van der Waals surface area contributed by atoms with Crippen molar-refractivity contribution < 1.29 is 4.79 Å². The fraction of sp³-hybridized carbons (Fsp3) is 0.571. The zero-order valence-corrected chi connectivity index (χ0v) is 14.5. The van der Waals surface area contributed by atoms with E-state index in [2.05, 4.69) is 55.2 Å². The number of benzene rings is 1. The maximum absolute atomic E-state index is 12.5. The van der Waals surface area contributed by atoms with Crippen LogP contribution in [0.1, 0.15) is 57.9 Å². The molecule has 0 aromatic heterocycles. The number of hydrogen-bond donors (Lipinski definition) is 0. The summed E-state index contributed by atoms with van der Waals surface area (Å²) in [6.07, 6.45) is 8.55. The molecule has 2 nitrogen and oxygen atoms in total. The second-order valence-electron chi connectivity index (χ2n) is 7.50. The highest BCUT2D eigenvalue weighted by Gasteiger charge is 2.42. The van der Waals surface area contributed by atoms with Gasteiger partial charge in [-0.3, -0.25) is 9.69 Å². The number of carbonyl (C=O) groups is 1. The number of carbonyl (C=O) groups excluding carboxylic acids is 1. The van der Waals surface area contributed by atoms with Gasteiger partial charge in [-0.1, -0.05) is 42.0 Å². The molecule has 0 radical (unpaired) electrons. The lowest BCUT2D eigenvalue weighted by molar-refractivity contribution is -0.125. The van der Waals surface area contributed by atoms with Crippen molar-refractivity contribution in [2.24, 2.45) is 5.92 Å². The van der Waals surface area contributed by atoms with Crippen molar-refractivity contribution in [1.29, 1.82) is 0 Å². The van der Waals surface area contributed by atoms with Gasteiger partial charge in [0.25, 0.3) is 0 Å². The molecule has 3 rings (SSSR count). The highest BCUT2D eigenvalue weighted by Crippen LogP contribution is 2.40. The Bertz CT molecular complexity index is 544. The molecule has 23 heavy (non-hydrogen) atoms. The van der Waals surface area contributed by atoms with Gasteiger partial charge in [-0.05, 0) is 51.5 Å². The summed E-state index contributed by atoms with van der Waals surface area (Å²) in [5.74, 6) is 0.809. The van der Waals surface area contributed by atoms with E-state index in [1.807, 2.05) is 0 Å². The standard InChI is InChI=1S/C21H29NO/c1-16(2)7-6-10-21(23)18-13-19-11-12-20(14-18)22(19)15-17-8-4-3-5-9-17/h3-5,7-9,18-20H,6,10-15H2,1-2H3. The first-order chi connectivity index (χ1) is 11.1. The second-order valence-corrected chi connectivity index (χ2v) is 7.50. The van der Waals surface area contributed by atoms with Gasteiger partial charge in [0, 0.05) is 31.0 Å². The molecule has 2 heteroatoms. The van der Waals surface area contributed by atoms with Crippen LogP contribution >= 0.6 is 0 Å². The summed E-state index contributed by atoms with van der Waals surface area (Å²) in [7, 11) is 0. The summed E-state index contributed by atoms with van der Waals surface area (Å²) < 4.78 is 0. The molecule has 0 spiro atoms. The predicted molar refractivity (Wildman–Crippen MR) is 95.2 cm³/mol. The molecule has 2 unspecified atom stereocenters. The third-order valence-corrected chi connectivity index (χ3v) is 5.49. The zero-order chi connectivity index (χ0) is 16.2. The number of nitrogens with zero attached hydrogens (tertiary/aromatic N) is 1. The second kappa shape index (κ2) is 7.44. The molecule has 124 valence electrons. The van der Waals surface area contributed by atoms with Crippen LogP contribution < -0.4 is 0 Å². The number of fused-ring (bicyclic) bond motifs is 2. The Morgan fingerprint density at radius 3 is 2.39 bits per heavy atom. The molecule has 2 aliphatic rings. The Hall–Kier alpha value is -1.41. The van der Waals surface area contributed by atoms with Crippen LogP contribution in [-0.4, -0.2) is 22.8 Å². The summed E-state index contributed by atoms with van der Waals surface area (Å²) in [5.41, 5.74) is 2.72. The molecular weight excluding hydrogens is 282 g/mol. The molecule has 2 saturated heterocycles. The van der Waals surface area contributed by atoms with Gasteiger partial charge in [-0.2, -0.15) is 0 Å². The van der Waals surface area contributed by atoms with Crippen LogP contribution in [0.15, 0.2) is 42.0 Å². The minimum absolute atomic E-state index is 0.310. The van der Waals surface area contributed by atoms with Gasteiger partial charge in [0.1, 0.15) is 5.78 Å². The van der Waals surface area contributed by atoms with Crippen molar-refractivity contribution in [2.75, 3.05) is 0 Å². The Morgan fingerprint density at radius 2 is 1.78 bits per heavy atom. The largest absolute Gasteiger partial charge is 0.299 e. The van der Waals surface area contributed by atoms with Crippen LogP contribution in [0.4, 0.5) is 0 Å². The number of Topliss-reactive ketones (excluding diaryl/α,β-unsaturated/α-hetero) is 1. The molecule has 2 atom stereocenters. The van der Waals surface area contributed by atoms with Crippen molar-refractivity contribution >= 4 is 5.78 Å². The Morgan fingerprint density at radius 1 is 1.13 bits per heavy atom. The smallest absolute Gasteiger partial charge is 0.136 e. The van der Waals surface area contributed by atoms with E-state index in [0.29, 0.717) is 23.8 Å². The van der Waals surface area contributed by atoms with Gasteiger partial charge in [-0.15, -0.1) is 0 Å². The lowest BCUT2D eigenvalue weighted by atomic mass is 9.85. The normalized spacial score (nSPS) is 27.0. The molecule has 1 aromatic carbocycles. The minimum atomic E-state index is 0.310. The van der Waals surface area contributed by atoms with E-state index in [-0.39, 0.29) is 0 Å². The van der Waals surface area contributed by atoms with Crippen molar-refractivity contribution in [1.82, 2.24) is 4.90 Å². The number of hydrogen-bond acceptors (Lipinski definition) is 2. The van der Waals surface area contributed by atoms with Gasteiger partial charge in [-0.25, -0.2) is 0 Å². The van der Waals surface area contributed by atoms with Crippen molar-refractivity contribution in [3.05, 3.63) is 47.5 Å². The Balaban J connectivity index is 1.56. The van der Waals surface area contributed by atoms with Crippen LogP contribution in [-0.2, 0) is 11.3 Å². The highest BCUT2D eigenvalue weighted by molar-refractivity contribution is 5.81. The molecule has 1 aromatic rings. The van der Waals surface area contributed by atoms with Crippen LogP contribution in [0.2, 0.25) is 0 Å². The van der Waals surface area contributed by atoms with E-state index < -0.39 is 0 Å². The average Bonchev–Trinajstić information content (AvgIpc) is 2.77. The summed E-state index contributed by atoms with van der Waals surface area (Å²) in [5, 5.41) is 0. The topological polar surface area (TPSA) is 20.3 Å². The minimum Gasteiger partial charge on any atom is -0.299 e. The van der Waals surface area contributed by atoms with Crippen LogP contribution in [0.25, 0.3) is 0 Å². The summed E-state index contributed by atoms with van der Waals surface area (Å²) in [6, 6.07) is 12.0. The lowest BCUT2D eigenvalue weighted by Crippen LogP contribution is -2.44. The third kappa shape index (κ3) is 4.11. The molecule has 0 aliphatic carbocycles. The van der Waals surface area contributed by atoms with Crippen molar-refractivity contribution in [3.63, 3.8) is 0 Å². The Kier molecular flexibility index (Phi) is 5.32. The molecular formula is C21H29NO. The van der Waals surface area contributed by atoms with Crippen LogP contribution in [0, 0.1) is 5.92 Å². The van der Waals surface area contributed by atoms with E-state index in [9.17, 15) is 4.79 Å². The van der Waals surface area contributed by atoms with Gasteiger partial charge >= 0.3 is 0 Å². The quantitative estimate of drug-likeness (QED) is 0.707. The van der Waals surface area contributed by atoms with E-state index in [1.54, 1.807) is 0 Å². The Labute approximate surface area is 140 Å². The van der Waals surface area contributed by atoms with Crippen molar-refractivity contribution in [2.45, 2.75) is 71.0 Å². The van der Waals surface area contributed by atoms with Gasteiger partial charge in [0.15, 0.2) is 0 Å². The third-order valence-electron chi connectivity index (χ3n) is 5.49. The number of ketones is 1. The average molecular weight is 311 g/mol. The van der Waals surface area contributed by atoms with E-state index >= 15 is 0 Å². The first kappa shape index (κ1) is 16.4. The highest BCUT2D eigenvalue weighted by atomic mass is 16.1. The monoisotopic (exact) mass is 311 g/mol. The summed E-state index contributed by atoms with van der Waals surface area (Å²) >= 11 is 0. The first-order valence-electron chi connectivity index (χ1n) is 9.09. The van der Waals surface area contributed by atoms with Gasteiger partial charge in [0.05, 0.1) is 0 Å². The molecule has 0 saturated carbocycles. The fourth-order valence-electron chi connectivity index (χ4n) is 4.30. The summed E-state index contributed by atoms with van der Waals surface area (Å²) in [4.78, 5) is 15.2. The van der Waals surface area contributed by atoms with Gasteiger partial charge < -0.3 is 0 Å². The number of piperidine rings is 1. The molecule has 2 aliphatic heterocycles. The first-order valence-corrected chi connectivity index (χ1v) is 9.09. The van der Waals surface area contributed by atoms with Crippen molar-refractivity contribution in [3.8, 4) is 0 Å². The van der Waals surface area contributed by atoms with E-state index in [4.69, 9.17) is 0 Å². The number of rotatable bonds is 6. The zero-order valence-electron chi connectivity index (χ0n) is 14.5. The van der Waals surface area contributed by atoms with Gasteiger partial charge in [0.2, 0.25) is 0 Å². The SMILES string of the molecule is CC(C)=CCCC(=O)C1CC2CCC(C1)N2Cc1ccccc1. The maximum Gasteiger partial charge on any atom is 0.136 e. The lowest BCUT2D eigenvalue weighted by Gasteiger charge is -2.38. The van der Waals surface area contributed by atoms with Crippen LogP contribution in [0.5, 0.6) is 0 Å². The molecule has 0 N–H and O–H groups in total. The summed E-state index contributed by atoms with van der Waals surface area (Å²) in [6.45, 7) is 5.26. The van der Waals surface area contributed by atoms with E-state index in [1.165, 1.54) is 24.0 Å². The predicted octanol–water partition coefficient (Wildman–Crippen LogP) is 4.75. The maximum atomic E-state index is 12.5. The molecule has 0 amide bonds.